The molecule has 0 saturated heterocycles. The van der Waals surface area contributed by atoms with Gasteiger partial charge in [0, 0.05) is 29.4 Å². The maximum atomic E-state index is 15.1. The lowest BCUT2D eigenvalue weighted by Gasteiger charge is -2.15. The van der Waals surface area contributed by atoms with Gasteiger partial charge < -0.3 is 14.2 Å². The summed E-state index contributed by atoms with van der Waals surface area (Å²) < 4.78 is 31.3. The molecule has 3 aromatic rings. The normalized spacial score (nSPS) is 10.6. The van der Waals surface area contributed by atoms with Gasteiger partial charge in [-0.2, -0.15) is 0 Å². The second-order valence-corrected chi connectivity index (χ2v) is 8.43. The third-order valence-corrected chi connectivity index (χ3v) is 5.25. The highest BCUT2D eigenvalue weighted by Crippen LogP contribution is 2.33. The minimum atomic E-state index is -0.611. The van der Waals surface area contributed by atoms with Crippen LogP contribution in [0.2, 0.25) is 0 Å². The van der Waals surface area contributed by atoms with Crippen molar-refractivity contribution < 1.29 is 28.2 Å². The predicted octanol–water partition coefficient (Wildman–Crippen LogP) is 7.05. The van der Waals surface area contributed by atoms with Crippen molar-refractivity contribution in [3.63, 3.8) is 0 Å². The van der Waals surface area contributed by atoms with Gasteiger partial charge in [0.25, 0.3) is 0 Å². The number of carbonyl (C=O) groups is 2. The predicted molar refractivity (Wildman–Crippen MR) is 138 cm³/mol. The highest BCUT2D eigenvalue weighted by molar-refractivity contribution is 5.89. The third-order valence-electron chi connectivity index (χ3n) is 5.25. The molecular formula is C30H29FO5. The Morgan fingerprint density at radius 1 is 0.778 bits per heavy atom. The zero-order chi connectivity index (χ0) is 26.2. The summed E-state index contributed by atoms with van der Waals surface area (Å²) in [5, 5.41) is 0. The van der Waals surface area contributed by atoms with Gasteiger partial charge in [0.1, 0.15) is 17.3 Å². The van der Waals surface area contributed by atoms with Gasteiger partial charge in [-0.15, -0.1) is 0 Å². The van der Waals surface area contributed by atoms with Gasteiger partial charge in [0.15, 0.2) is 0 Å². The molecule has 0 aromatic heterocycles. The first-order chi connectivity index (χ1) is 17.2. The summed E-state index contributed by atoms with van der Waals surface area (Å²) >= 11 is 0. The number of rotatable bonds is 10. The molecule has 3 rings (SSSR count). The molecule has 0 atom stereocenters. The molecule has 6 heteroatoms. The van der Waals surface area contributed by atoms with E-state index in [0.717, 1.165) is 23.1 Å². The molecule has 0 amide bonds. The van der Waals surface area contributed by atoms with E-state index in [-0.39, 0.29) is 11.3 Å². The maximum Gasteiger partial charge on any atom is 0.338 e. The minimum absolute atomic E-state index is 0.108. The second kappa shape index (κ2) is 12.1. The fraction of sp³-hybridized carbons (Fsp3) is 0.200. The maximum absolute atomic E-state index is 15.1. The van der Waals surface area contributed by atoms with Crippen molar-refractivity contribution in [2.24, 2.45) is 0 Å². The molecule has 3 aromatic carbocycles. The van der Waals surface area contributed by atoms with E-state index >= 15 is 4.39 Å². The summed E-state index contributed by atoms with van der Waals surface area (Å²) in [6.07, 6.45) is 0.858. The zero-order valence-electron chi connectivity index (χ0n) is 20.7. The van der Waals surface area contributed by atoms with E-state index in [1.54, 1.807) is 31.2 Å². The summed E-state index contributed by atoms with van der Waals surface area (Å²) in [7, 11) is 0. The molecule has 0 unspecified atom stereocenters. The first-order valence-corrected chi connectivity index (χ1v) is 11.6. The Labute approximate surface area is 210 Å². The molecule has 36 heavy (non-hydrogen) atoms. The summed E-state index contributed by atoms with van der Waals surface area (Å²) in [6.45, 7) is 13.1. The van der Waals surface area contributed by atoms with E-state index < -0.39 is 17.8 Å². The fourth-order valence-corrected chi connectivity index (χ4v) is 3.36. The number of benzene rings is 3. The van der Waals surface area contributed by atoms with E-state index in [9.17, 15) is 9.59 Å². The van der Waals surface area contributed by atoms with Crippen molar-refractivity contribution in [3.05, 3.63) is 96.3 Å². The Bertz CT molecular complexity index is 1290. The Morgan fingerprint density at radius 2 is 1.33 bits per heavy atom. The van der Waals surface area contributed by atoms with E-state index in [4.69, 9.17) is 14.2 Å². The van der Waals surface area contributed by atoms with Crippen LogP contribution in [0.3, 0.4) is 0 Å². The highest BCUT2D eigenvalue weighted by Gasteiger charge is 2.15. The van der Waals surface area contributed by atoms with Gasteiger partial charge in [-0.3, -0.25) is 0 Å². The van der Waals surface area contributed by atoms with Crippen molar-refractivity contribution >= 4 is 11.9 Å². The van der Waals surface area contributed by atoms with E-state index in [2.05, 4.69) is 13.2 Å². The number of esters is 2. The third kappa shape index (κ3) is 6.77. The zero-order valence-corrected chi connectivity index (χ0v) is 20.7. The number of hydrogen-bond donors (Lipinski definition) is 0. The molecule has 0 fully saturated rings. The Kier molecular flexibility index (Phi) is 8.92. The Balaban J connectivity index is 1.92. The molecule has 0 heterocycles. The molecule has 0 saturated carbocycles. The van der Waals surface area contributed by atoms with Crippen molar-refractivity contribution in [1.82, 2.24) is 0 Å². The van der Waals surface area contributed by atoms with Gasteiger partial charge in [-0.1, -0.05) is 44.3 Å². The van der Waals surface area contributed by atoms with Gasteiger partial charge >= 0.3 is 11.9 Å². The van der Waals surface area contributed by atoms with Crippen LogP contribution in [0.15, 0.2) is 85.0 Å². The summed E-state index contributed by atoms with van der Waals surface area (Å²) in [5.41, 5.74) is 4.21. The second-order valence-electron chi connectivity index (χ2n) is 8.43. The van der Waals surface area contributed by atoms with Crippen LogP contribution in [0, 0.1) is 5.82 Å². The van der Waals surface area contributed by atoms with Crippen molar-refractivity contribution in [3.8, 4) is 33.8 Å². The smallest absolute Gasteiger partial charge is 0.338 e. The molecule has 0 spiro atoms. The topological polar surface area (TPSA) is 61.8 Å². The summed E-state index contributed by atoms with van der Waals surface area (Å²) in [5.74, 6) is -1.08. The lowest BCUT2D eigenvalue weighted by atomic mass is 9.95. The molecule has 0 aliphatic carbocycles. The van der Waals surface area contributed by atoms with Gasteiger partial charge in [-0.25, -0.2) is 14.0 Å². The fourth-order valence-electron chi connectivity index (χ4n) is 3.36. The number of ether oxygens (including phenoxy) is 3. The van der Waals surface area contributed by atoms with Gasteiger partial charge in [-0.05, 0) is 72.9 Å². The Hall–Kier alpha value is -4.03. The summed E-state index contributed by atoms with van der Waals surface area (Å²) in [4.78, 5) is 23.5. The average molecular weight is 489 g/mol. The first-order valence-electron chi connectivity index (χ1n) is 11.6. The lowest BCUT2D eigenvalue weighted by molar-refractivity contribution is -0.130. The molecule has 0 aliphatic heterocycles. The lowest BCUT2D eigenvalue weighted by Crippen LogP contribution is -2.08. The standard InChI is InChI=1S/C30H29FO5/c1-6-15-34-18-23-16-22(21-7-10-24(11-8-21)35-29(32)19(2)3)9-13-26(23)27-14-12-25(17-28(27)31)36-30(33)20(4)5/h7-14,16-17H,2,4,6,15,18H2,1,3,5H3. The molecule has 186 valence electrons. The van der Waals surface area contributed by atoms with E-state index in [0.29, 0.717) is 35.7 Å². The largest absolute Gasteiger partial charge is 0.423 e. The number of hydrogen-bond acceptors (Lipinski definition) is 5. The first kappa shape index (κ1) is 26.6. The van der Waals surface area contributed by atoms with Crippen molar-refractivity contribution in [2.75, 3.05) is 6.61 Å². The van der Waals surface area contributed by atoms with E-state index in [1.807, 2.05) is 37.3 Å². The van der Waals surface area contributed by atoms with Crippen LogP contribution in [-0.2, 0) is 20.9 Å². The molecule has 0 N–H and O–H groups in total. The Morgan fingerprint density at radius 3 is 1.92 bits per heavy atom. The molecule has 0 bridgehead atoms. The monoisotopic (exact) mass is 488 g/mol. The van der Waals surface area contributed by atoms with Crippen LogP contribution >= 0.6 is 0 Å². The van der Waals surface area contributed by atoms with Crippen molar-refractivity contribution in [1.29, 1.82) is 0 Å². The van der Waals surface area contributed by atoms with E-state index in [1.165, 1.54) is 13.0 Å². The van der Waals surface area contributed by atoms with Crippen LogP contribution in [-0.4, -0.2) is 18.5 Å². The highest BCUT2D eigenvalue weighted by atomic mass is 19.1. The molecule has 0 radical (unpaired) electrons. The molecular weight excluding hydrogens is 459 g/mol. The quantitative estimate of drug-likeness (QED) is 0.132. The average Bonchev–Trinajstić information content (AvgIpc) is 2.85. The van der Waals surface area contributed by atoms with Gasteiger partial charge in [0.05, 0.1) is 6.61 Å². The van der Waals surface area contributed by atoms with Crippen LogP contribution in [0.25, 0.3) is 22.3 Å². The summed E-state index contributed by atoms with van der Waals surface area (Å²) in [6, 6.07) is 17.1. The minimum Gasteiger partial charge on any atom is -0.423 e. The molecule has 0 aliphatic rings. The van der Waals surface area contributed by atoms with Gasteiger partial charge in [0.2, 0.25) is 0 Å². The van der Waals surface area contributed by atoms with Crippen LogP contribution in [0.1, 0.15) is 32.8 Å². The van der Waals surface area contributed by atoms with Crippen LogP contribution < -0.4 is 9.47 Å². The SMILES string of the molecule is C=C(C)C(=O)Oc1ccc(-c2ccc(-c3ccc(OC(=O)C(=C)C)cc3F)c(COCCC)c2)cc1. The molecule has 5 nitrogen and oxygen atoms in total. The van der Waals surface area contributed by atoms with Crippen LogP contribution in [0.5, 0.6) is 11.5 Å². The van der Waals surface area contributed by atoms with Crippen LogP contribution in [0.4, 0.5) is 4.39 Å². The van der Waals surface area contributed by atoms with Crippen molar-refractivity contribution in [2.45, 2.75) is 33.8 Å². The number of carbonyl (C=O) groups excluding carboxylic acids is 2. The number of halogens is 1.